The minimum absolute atomic E-state index is 0.0577. The molecule has 2 aromatic rings. The summed E-state index contributed by atoms with van der Waals surface area (Å²) in [5, 5.41) is 19.8. The zero-order valence-electron chi connectivity index (χ0n) is 11.0. The monoisotopic (exact) mass is 290 g/mol. The van der Waals surface area contributed by atoms with Gasteiger partial charge in [0.25, 0.3) is 0 Å². The second kappa shape index (κ2) is 6.67. The number of fused-ring (bicyclic) bond motifs is 1. The van der Waals surface area contributed by atoms with Crippen molar-refractivity contribution in [2.45, 2.75) is 12.5 Å². The van der Waals surface area contributed by atoms with Crippen LogP contribution in [0.4, 0.5) is 0 Å². The van der Waals surface area contributed by atoms with Crippen LogP contribution in [0.5, 0.6) is 0 Å². The van der Waals surface area contributed by atoms with Crippen LogP contribution in [-0.2, 0) is 9.59 Å². The van der Waals surface area contributed by atoms with Gasteiger partial charge in [0.05, 0.1) is 0 Å². The number of para-hydroxylation sites is 2. The van der Waals surface area contributed by atoms with Crippen LogP contribution in [0.2, 0.25) is 0 Å². The van der Waals surface area contributed by atoms with Gasteiger partial charge in [-0.15, -0.1) is 0 Å². The van der Waals surface area contributed by atoms with Gasteiger partial charge in [0.2, 0.25) is 11.8 Å². The first-order chi connectivity index (χ1) is 10.1. The largest absolute Gasteiger partial charge is 0.480 e. The summed E-state index contributed by atoms with van der Waals surface area (Å²) in [6.07, 6.45) is 2.43. The predicted octanol–water partition coefficient (Wildman–Crippen LogP) is 0.793. The van der Waals surface area contributed by atoms with Crippen LogP contribution >= 0.6 is 0 Å². The molecule has 110 valence electrons. The molecule has 0 saturated carbocycles. The third-order valence-electron chi connectivity index (χ3n) is 2.72. The molecule has 0 aliphatic carbocycles. The lowest BCUT2D eigenvalue weighted by molar-refractivity contribution is -0.141. The fraction of sp³-hybridized carbons (Fsp3) is 0.214. The molecule has 3 N–H and O–H groups in total. The van der Waals surface area contributed by atoms with E-state index in [9.17, 15) is 9.59 Å². The van der Waals surface area contributed by atoms with Crippen molar-refractivity contribution in [3.8, 4) is 0 Å². The first-order valence-electron chi connectivity index (χ1n) is 6.28. The minimum Gasteiger partial charge on any atom is -0.480 e. The number of carboxylic acids is 1. The van der Waals surface area contributed by atoms with E-state index in [1.807, 2.05) is 6.07 Å². The van der Waals surface area contributed by atoms with E-state index in [2.05, 4.69) is 10.3 Å². The molecule has 1 aromatic carbocycles. The molecule has 0 aliphatic heterocycles. The molecule has 2 rings (SSSR count). The van der Waals surface area contributed by atoms with Crippen molar-refractivity contribution in [1.82, 2.24) is 10.3 Å². The number of rotatable bonds is 6. The van der Waals surface area contributed by atoms with Gasteiger partial charge in [0.15, 0.2) is 5.58 Å². The Morgan fingerprint density at radius 2 is 2.14 bits per heavy atom. The number of aromatic nitrogens is 1. The average Bonchev–Trinajstić information content (AvgIpc) is 2.87. The van der Waals surface area contributed by atoms with Gasteiger partial charge < -0.3 is 19.9 Å². The van der Waals surface area contributed by atoms with Gasteiger partial charge in [-0.3, -0.25) is 4.79 Å². The van der Waals surface area contributed by atoms with Crippen molar-refractivity contribution in [3.63, 3.8) is 0 Å². The Labute approximate surface area is 119 Å². The molecule has 0 bridgehead atoms. The van der Waals surface area contributed by atoms with E-state index in [1.54, 1.807) is 18.2 Å². The molecule has 0 fully saturated rings. The summed E-state index contributed by atoms with van der Waals surface area (Å²) in [6.45, 7) is -0.327. The normalized spacial score (nSPS) is 12.6. The first-order valence-corrected chi connectivity index (χ1v) is 6.28. The number of hydrogen-bond acceptors (Lipinski definition) is 5. The van der Waals surface area contributed by atoms with Crippen molar-refractivity contribution in [3.05, 3.63) is 36.2 Å². The number of carbonyl (C=O) groups is 2. The lowest BCUT2D eigenvalue weighted by Gasteiger charge is -2.10. The standard InChI is InChI=1S/C14H14N2O5/c17-8-7-10(14(19)20)15-12(18)5-6-13-16-9-3-1-2-4-11(9)21-13/h1-6,10,17H,7-8H2,(H,15,18)(H,19,20)/b6-5+. The van der Waals surface area contributed by atoms with Crippen LogP contribution in [0, 0.1) is 0 Å². The van der Waals surface area contributed by atoms with E-state index in [1.165, 1.54) is 6.08 Å². The Kier molecular flexibility index (Phi) is 4.68. The van der Waals surface area contributed by atoms with Crippen molar-refractivity contribution in [1.29, 1.82) is 0 Å². The first kappa shape index (κ1) is 14.7. The van der Waals surface area contributed by atoms with E-state index in [-0.39, 0.29) is 18.9 Å². The number of nitrogens with one attached hydrogen (secondary N) is 1. The van der Waals surface area contributed by atoms with E-state index in [0.29, 0.717) is 11.1 Å². The molecule has 1 amide bonds. The maximum atomic E-state index is 11.6. The van der Waals surface area contributed by atoms with Crippen molar-refractivity contribution < 1.29 is 24.2 Å². The Bertz CT molecular complexity index is 644. The molecule has 0 aliphatic rings. The Balaban J connectivity index is 2.02. The van der Waals surface area contributed by atoms with Crippen LogP contribution in [-0.4, -0.2) is 39.7 Å². The van der Waals surface area contributed by atoms with Crippen LogP contribution in [0.3, 0.4) is 0 Å². The number of aliphatic hydroxyl groups excluding tert-OH is 1. The van der Waals surface area contributed by atoms with Gasteiger partial charge in [0, 0.05) is 25.2 Å². The van der Waals surface area contributed by atoms with Gasteiger partial charge in [-0.1, -0.05) is 12.1 Å². The fourth-order valence-electron chi connectivity index (χ4n) is 1.71. The highest BCUT2D eigenvalue weighted by Gasteiger charge is 2.17. The number of aliphatic hydroxyl groups is 1. The highest BCUT2D eigenvalue weighted by Crippen LogP contribution is 2.15. The van der Waals surface area contributed by atoms with Gasteiger partial charge in [0.1, 0.15) is 11.6 Å². The van der Waals surface area contributed by atoms with Crippen LogP contribution in [0.15, 0.2) is 34.8 Å². The van der Waals surface area contributed by atoms with Crippen molar-refractivity contribution in [2.24, 2.45) is 0 Å². The van der Waals surface area contributed by atoms with E-state index < -0.39 is 17.9 Å². The van der Waals surface area contributed by atoms with Crippen LogP contribution in [0.25, 0.3) is 17.2 Å². The summed E-state index contributed by atoms with van der Waals surface area (Å²) in [6, 6.07) is 6.02. The SMILES string of the molecule is O=C(/C=C/c1nc2ccccc2o1)NC(CCO)C(=O)O. The van der Waals surface area contributed by atoms with Crippen molar-refractivity contribution >= 4 is 29.1 Å². The maximum absolute atomic E-state index is 11.6. The Morgan fingerprint density at radius 3 is 2.81 bits per heavy atom. The lowest BCUT2D eigenvalue weighted by atomic mass is 10.2. The molecule has 1 atom stereocenters. The molecule has 0 saturated heterocycles. The minimum atomic E-state index is -1.20. The quantitative estimate of drug-likeness (QED) is 0.678. The molecule has 1 heterocycles. The summed E-state index contributed by atoms with van der Waals surface area (Å²) in [5.41, 5.74) is 1.27. The zero-order valence-corrected chi connectivity index (χ0v) is 11.0. The smallest absolute Gasteiger partial charge is 0.326 e. The molecular weight excluding hydrogens is 276 g/mol. The molecule has 7 nitrogen and oxygen atoms in total. The number of carbonyl (C=O) groups excluding carboxylic acids is 1. The average molecular weight is 290 g/mol. The van der Waals surface area contributed by atoms with Gasteiger partial charge in [-0.25, -0.2) is 9.78 Å². The third-order valence-corrected chi connectivity index (χ3v) is 2.72. The second-order valence-corrected chi connectivity index (χ2v) is 4.26. The van der Waals surface area contributed by atoms with Gasteiger partial charge in [-0.2, -0.15) is 0 Å². The highest BCUT2D eigenvalue weighted by molar-refractivity contribution is 5.94. The summed E-state index contributed by atoms with van der Waals surface area (Å²) in [5.74, 6) is -1.55. The number of nitrogens with zero attached hydrogens (tertiary/aromatic N) is 1. The number of amides is 1. The van der Waals surface area contributed by atoms with Crippen LogP contribution in [0.1, 0.15) is 12.3 Å². The third kappa shape index (κ3) is 3.90. The Morgan fingerprint density at radius 1 is 1.38 bits per heavy atom. The predicted molar refractivity (Wildman–Crippen MR) is 74.3 cm³/mol. The van der Waals surface area contributed by atoms with Gasteiger partial charge in [-0.05, 0) is 12.1 Å². The van der Waals surface area contributed by atoms with E-state index in [0.717, 1.165) is 6.08 Å². The Hall–Kier alpha value is -2.67. The molecule has 0 spiro atoms. The van der Waals surface area contributed by atoms with Crippen molar-refractivity contribution in [2.75, 3.05) is 6.61 Å². The molecule has 21 heavy (non-hydrogen) atoms. The highest BCUT2D eigenvalue weighted by atomic mass is 16.4. The maximum Gasteiger partial charge on any atom is 0.326 e. The molecule has 0 radical (unpaired) electrons. The number of oxazole rings is 1. The van der Waals surface area contributed by atoms with Gasteiger partial charge >= 0.3 is 5.97 Å². The number of hydrogen-bond donors (Lipinski definition) is 3. The fourth-order valence-corrected chi connectivity index (χ4v) is 1.71. The molecule has 7 heteroatoms. The number of benzene rings is 1. The topological polar surface area (TPSA) is 113 Å². The summed E-state index contributed by atoms with van der Waals surface area (Å²) < 4.78 is 5.38. The molecular formula is C14H14N2O5. The van der Waals surface area contributed by atoms with E-state index in [4.69, 9.17) is 14.6 Å². The van der Waals surface area contributed by atoms with E-state index >= 15 is 0 Å². The van der Waals surface area contributed by atoms with Crippen LogP contribution < -0.4 is 5.32 Å². The lowest BCUT2D eigenvalue weighted by Crippen LogP contribution is -2.40. The summed E-state index contributed by atoms with van der Waals surface area (Å²) >= 11 is 0. The molecule has 1 aromatic heterocycles. The summed E-state index contributed by atoms with van der Waals surface area (Å²) in [4.78, 5) is 26.6. The molecule has 1 unspecified atom stereocenters. The number of aliphatic carboxylic acids is 1. The zero-order chi connectivity index (χ0) is 15.2. The summed E-state index contributed by atoms with van der Waals surface area (Å²) in [7, 11) is 0. The second-order valence-electron chi connectivity index (χ2n) is 4.26. The number of carboxylic acid groups (broad SMARTS) is 1.